The van der Waals surface area contributed by atoms with Gasteiger partial charge in [-0.15, -0.1) is 0 Å². The summed E-state index contributed by atoms with van der Waals surface area (Å²) in [5.41, 5.74) is 0.531. The summed E-state index contributed by atoms with van der Waals surface area (Å²) in [4.78, 5) is 26.9. The first-order valence-electron chi connectivity index (χ1n) is 15.4. The van der Waals surface area contributed by atoms with E-state index in [4.69, 9.17) is 13.9 Å². The second-order valence-corrected chi connectivity index (χ2v) is 12.2. The molecule has 0 bridgehead atoms. The molecule has 0 radical (unpaired) electrons. The number of hydrogen-bond acceptors (Lipinski definition) is 9. The average Bonchev–Trinajstić information content (AvgIpc) is 3.75. The van der Waals surface area contributed by atoms with E-state index in [-0.39, 0.29) is 46.0 Å². The normalized spacial score (nSPS) is 24.8. The molecular weight excluding hydrogens is 570 g/mol. The molecule has 232 valence electrons. The highest BCUT2D eigenvalue weighted by Crippen LogP contribution is 2.40. The Morgan fingerprint density at radius 2 is 1.95 bits per heavy atom. The van der Waals surface area contributed by atoms with Gasteiger partial charge in [0.2, 0.25) is 0 Å². The largest absolute Gasteiger partial charge is 0.508 e. The molecule has 4 unspecified atom stereocenters. The van der Waals surface area contributed by atoms with Crippen molar-refractivity contribution in [3.8, 4) is 23.1 Å². The van der Waals surface area contributed by atoms with Crippen LogP contribution in [0, 0.1) is 12.7 Å². The lowest BCUT2D eigenvalue weighted by Gasteiger charge is -2.38. The maximum atomic E-state index is 14.9. The predicted molar refractivity (Wildman–Crippen MR) is 163 cm³/mol. The van der Waals surface area contributed by atoms with Gasteiger partial charge in [-0.25, -0.2) is 13.6 Å². The van der Waals surface area contributed by atoms with Crippen LogP contribution in [0.15, 0.2) is 39.5 Å². The number of methoxy groups -OCH3 is 1. The molecule has 4 aliphatic rings. The van der Waals surface area contributed by atoms with E-state index in [0.717, 1.165) is 32.2 Å². The number of rotatable bonds is 3. The van der Waals surface area contributed by atoms with Gasteiger partial charge in [0.05, 0.1) is 31.4 Å². The van der Waals surface area contributed by atoms with Gasteiger partial charge in [-0.2, -0.15) is 9.97 Å². The topological polar surface area (TPSA) is 101 Å². The maximum absolute atomic E-state index is 14.9. The Kier molecular flexibility index (Phi) is 7.62. The van der Waals surface area contributed by atoms with Crippen molar-refractivity contribution in [3.63, 3.8) is 0 Å². The van der Waals surface area contributed by atoms with Crippen molar-refractivity contribution in [3.05, 3.63) is 52.1 Å². The fourth-order valence-electron chi connectivity index (χ4n) is 7.53. The van der Waals surface area contributed by atoms with Crippen LogP contribution in [0.3, 0.4) is 0 Å². The molecular formula is C33H36F2N4O5. The molecule has 2 aromatic carbocycles. The van der Waals surface area contributed by atoms with E-state index < -0.39 is 17.6 Å². The first-order chi connectivity index (χ1) is 21.3. The summed E-state index contributed by atoms with van der Waals surface area (Å²) < 4.78 is 44.7. The van der Waals surface area contributed by atoms with Crippen molar-refractivity contribution >= 4 is 27.5 Å². The van der Waals surface area contributed by atoms with Crippen LogP contribution in [0.5, 0.6) is 11.8 Å². The van der Waals surface area contributed by atoms with E-state index in [0.29, 0.717) is 48.0 Å². The van der Waals surface area contributed by atoms with Crippen molar-refractivity contribution in [1.29, 1.82) is 0 Å². The van der Waals surface area contributed by atoms with Gasteiger partial charge in [0.1, 0.15) is 28.9 Å². The lowest BCUT2D eigenvalue weighted by atomic mass is 9.98. The van der Waals surface area contributed by atoms with Crippen LogP contribution in [0.4, 0.5) is 14.6 Å². The number of ether oxygens (including phenoxy) is 2. The SMILES string of the molecule is COc1nc(N2CCOC3CCCC32)c2c(=O)oc(-c3cc(O)cc4cccc(F)c34)c(C)c2n1.FC1CC2CCCN2C1. The van der Waals surface area contributed by atoms with Crippen molar-refractivity contribution in [2.24, 2.45) is 0 Å². The number of hydrogen-bond donors (Lipinski definition) is 1. The van der Waals surface area contributed by atoms with Crippen molar-refractivity contribution in [2.45, 2.75) is 69.8 Å². The summed E-state index contributed by atoms with van der Waals surface area (Å²) in [6, 6.07) is 8.29. The summed E-state index contributed by atoms with van der Waals surface area (Å²) in [7, 11) is 1.47. The third-order valence-corrected chi connectivity index (χ3v) is 9.52. The highest BCUT2D eigenvalue weighted by molar-refractivity contribution is 6.00. The first kappa shape index (κ1) is 28.9. The molecule has 44 heavy (non-hydrogen) atoms. The Labute approximate surface area is 253 Å². The number of nitrogens with zero attached hydrogens (tertiary/aromatic N) is 4. The molecule has 1 saturated carbocycles. The number of benzene rings is 2. The molecule has 4 aromatic rings. The van der Waals surface area contributed by atoms with Gasteiger partial charge in [-0.3, -0.25) is 4.90 Å². The summed E-state index contributed by atoms with van der Waals surface area (Å²) in [6.07, 6.45) is 5.85. The minimum Gasteiger partial charge on any atom is -0.508 e. The van der Waals surface area contributed by atoms with Crippen LogP contribution < -0.4 is 15.3 Å². The highest BCUT2D eigenvalue weighted by Gasteiger charge is 2.39. The highest BCUT2D eigenvalue weighted by atomic mass is 19.1. The van der Waals surface area contributed by atoms with Gasteiger partial charge in [-0.05, 0) is 75.6 Å². The zero-order valence-electron chi connectivity index (χ0n) is 24.9. The molecule has 3 saturated heterocycles. The Morgan fingerprint density at radius 1 is 1.09 bits per heavy atom. The van der Waals surface area contributed by atoms with Gasteiger partial charge >= 0.3 is 11.6 Å². The van der Waals surface area contributed by atoms with Crippen LogP contribution >= 0.6 is 0 Å². The number of fused-ring (bicyclic) bond motifs is 4. The second kappa shape index (κ2) is 11.6. The number of alkyl halides is 1. The zero-order chi connectivity index (χ0) is 30.5. The van der Waals surface area contributed by atoms with Gasteiger partial charge in [0.25, 0.3) is 0 Å². The molecule has 9 nitrogen and oxygen atoms in total. The van der Waals surface area contributed by atoms with Crippen LogP contribution in [-0.4, -0.2) is 77.7 Å². The molecule has 4 fully saturated rings. The third-order valence-electron chi connectivity index (χ3n) is 9.52. The van der Waals surface area contributed by atoms with Crippen molar-refractivity contribution in [1.82, 2.24) is 14.9 Å². The van der Waals surface area contributed by atoms with Gasteiger partial charge in [0, 0.05) is 35.6 Å². The van der Waals surface area contributed by atoms with E-state index >= 15 is 0 Å². The number of phenolic OH excluding ortho intramolecular Hbond substituents is 1. The molecule has 0 spiro atoms. The number of aromatic hydroxyl groups is 1. The average molecular weight is 607 g/mol. The van der Waals surface area contributed by atoms with Gasteiger partial charge in [0.15, 0.2) is 5.82 Å². The Hall–Kier alpha value is -3.83. The van der Waals surface area contributed by atoms with Crippen LogP contribution in [0.2, 0.25) is 0 Å². The standard InChI is InChI=1S/C26H24FN3O5.C7H12FN/c1-13-22-21(24(29-26(28-22)33-2)30-9-10-34-19-8-4-7-18(19)30)25(32)35-23(13)16-12-15(31)11-14-5-3-6-17(27)20(14)16;8-6-4-7-2-1-3-9(7)5-6/h3,5-6,11-12,18-19,31H,4,7-10H2,1-2H3;6-7H,1-5H2. The Morgan fingerprint density at radius 3 is 2.77 bits per heavy atom. The van der Waals surface area contributed by atoms with E-state index in [1.807, 2.05) is 0 Å². The number of aryl methyl sites for hydroxylation is 1. The smallest absolute Gasteiger partial charge is 0.349 e. The van der Waals surface area contributed by atoms with Crippen LogP contribution in [-0.2, 0) is 4.74 Å². The molecule has 8 rings (SSSR count). The van der Waals surface area contributed by atoms with Crippen LogP contribution in [0.1, 0.15) is 44.1 Å². The summed E-state index contributed by atoms with van der Waals surface area (Å²) >= 11 is 0. The Balaban J connectivity index is 0.000000296. The molecule has 3 aliphatic heterocycles. The fraction of sp³-hybridized carbons (Fsp3) is 0.485. The van der Waals surface area contributed by atoms with E-state index in [1.165, 1.54) is 38.2 Å². The zero-order valence-corrected chi connectivity index (χ0v) is 24.9. The fourth-order valence-corrected chi connectivity index (χ4v) is 7.53. The molecule has 5 heterocycles. The van der Waals surface area contributed by atoms with Gasteiger partial charge < -0.3 is 23.9 Å². The van der Waals surface area contributed by atoms with Gasteiger partial charge in [-0.1, -0.05) is 12.1 Å². The number of halogens is 2. The summed E-state index contributed by atoms with van der Waals surface area (Å²) in [5.74, 6) is 0.0475. The minimum atomic E-state index is -0.632. The quantitative estimate of drug-likeness (QED) is 0.323. The number of aromatic nitrogens is 2. The number of phenols is 1. The lowest BCUT2D eigenvalue weighted by Crippen LogP contribution is -2.49. The van der Waals surface area contributed by atoms with Crippen LogP contribution in [0.25, 0.3) is 33.0 Å². The lowest BCUT2D eigenvalue weighted by molar-refractivity contribution is 0.0254. The first-order valence-corrected chi connectivity index (χ1v) is 15.4. The predicted octanol–water partition coefficient (Wildman–Crippen LogP) is 5.52. The van der Waals surface area contributed by atoms with E-state index in [9.17, 15) is 18.7 Å². The summed E-state index contributed by atoms with van der Waals surface area (Å²) in [6.45, 7) is 4.73. The van der Waals surface area contributed by atoms with E-state index in [1.54, 1.807) is 19.1 Å². The van der Waals surface area contributed by atoms with Crippen molar-refractivity contribution < 1.29 is 27.8 Å². The molecule has 2 aromatic heterocycles. The maximum Gasteiger partial charge on any atom is 0.349 e. The molecule has 11 heteroatoms. The summed E-state index contributed by atoms with van der Waals surface area (Å²) in [5, 5.41) is 11.3. The molecule has 0 amide bonds. The Bertz CT molecular complexity index is 1770. The third kappa shape index (κ3) is 5.05. The number of morpholine rings is 1. The second-order valence-electron chi connectivity index (χ2n) is 12.2. The number of anilines is 1. The minimum absolute atomic E-state index is 0.0678. The van der Waals surface area contributed by atoms with E-state index in [2.05, 4.69) is 19.8 Å². The molecule has 4 atom stereocenters. The molecule has 1 N–H and O–H groups in total. The monoisotopic (exact) mass is 606 g/mol. The van der Waals surface area contributed by atoms with Crippen molar-refractivity contribution in [2.75, 3.05) is 38.3 Å². The molecule has 1 aliphatic carbocycles.